The number of guanidine groups is 1. The molecule has 0 radical (unpaired) electrons. The van der Waals surface area contributed by atoms with Gasteiger partial charge in [0.2, 0.25) is 0 Å². The van der Waals surface area contributed by atoms with E-state index in [4.69, 9.17) is 9.26 Å². The second-order valence-corrected chi connectivity index (χ2v) is 6.55. The summed E-state index contributed by atoms with van der Waals surface area (Å²) in [6.45, 7) is 8.04. The van der Waals surface area contributed by atoms with Crippen molar-refractivity contribution >= 4 is 35.9 Å². The lowest BCUT2D eigenvalue weighted by atomic mass is 9.99. The van der Waals surface area contributed by atoms with E-state index in [0.717, 1.165) is 62.5 Å². The van der Waals surface area contributed by atoms with E-state index in [1.807, 2.05) is 13.0 Å². The fourth-order valence-electron chi connectivity index (χ4n) is 2.89. The predicted octanol–water partition coefficient (Wildman–Crippen LogP) is 4.37. The number of aliphatic imine (C=N–C) groups is 1. The zero-order valence-electron chi connectivity index (χ0n) is 17.8. The maximum absolute atomic E-state index is 11.3. The molecule has 0 atom stereocenters. The number of esters is 1. The van der Waals surface area contributed by atoms with E-state index in [-0.39, 0.29) is 29.9 Å². The van der Waals surface area contributed by atoms with Gasteiger partial charge in [0, 0.05) is 32.0 Å². The second kappa shape index (κ2) is 16.6. The van der Waals surface area contributed by atoms with Crippen molar-refractivity contribution in [3.8, 4) is 0 Å². The van der Waals surface area contributed by atoms with Crippen LogP contribution >= 0.6 is 24.0 Å². The van der Waals surface area contributed by atoms with Crippen molar-refractivity contribution < 1.29 is 14.1 Å². The van der Waals surface area contributed by atoms with Crippen molar-refractivity contribution in [3.05, 3.63) is 17.5 Å². The minimum absolute atomic E-state index is 0. The van der Waals surface area contributed by atoms with E-state index in [1.165, 1.54) is 0 Å². The van der Waals surface area contributed by atoms with Crippen LogP contribution in [0.5, 0.6) is 0 Å². The highest BCUT2D eigenvalue weighted by Crippen LogP contribution is 2.22. The van der Waals surface area contributed by atoms with Gasteiger partial charge in [-0.25, -0.2) is 0 Å². The summed E-state index contributed by atoms with van der Waals surface area (Å²) < 4.78 is 10.3. The zero-order chi connectivity index (χ0) is 19.9. The number of carbonyl (C=O) groups excluding carboxylic acids is 1. The number of nitrogens with one attached hydrogen (secondary N) is 2. The fourth-order valence-corrected chi connectivity index (χ4v) is 2.89. The van der Waals surface area contributed by atoms with Gasteiger partial charge in [-0.2, -0.15) is 0 Å². The van der Waals surface area contributed by atoms with Crippen LogP contribution in [-0.4, -0.2) is 37.3 Å². The highest BCUT2D eigenvalue weighted by atomic mass is 127. The molecule has 0 saturated carbocycles. The number of carbonyl (C=O) groups is 1. The van der Waals surface area contributed by atoms with Crippen LogP contribution in [0.3, 0.4) is 0 Å². The third-order valence-electron chi connectivity index (χ3n) is 4.54. The predicted molar refractivity (Wildman–Crippen MR) is 123 cm³/mol. The normalized spacial score (nSPS) is 11.2. The summed E-state index contributed by atoms with van der Waals surface area (Å²) in [6, 6.07) is 2.03. The summed E-state index contributed by atoms with van der Waals surface area (Å²) in [7, 11) is 1.75. The van der Waals surface area contributed by atoms with Gasteiger partial charge < -0.3 is 19.9 Å². The SMILES string of the molecule is CCOC(=O)CCCCCCNC(=NC)NCc1cc(C(CC)CC)no1.I. The number of aromatic nitrogens is 1. The van der Waals surface area contributed by atoms with Crippen LogP contribution in [-0.2, 0) is 16.1 Å². The average Bonchev–Trinajstić information content (AvgIpc) is 3.13. The molecule has 7 nitrogen and oxygen atoms in total. The van der Waals surface area contributed by atoms with E-state index in [0.29, 0.717) is 25.5 Å². The highest BCUT2D eigenvalue weighted by molar-refractivity contribution is 14.0. The molecule has 0 bridgehead atoms. The largest absolute Gasteiger partial charge is 0.466 e. The van der Waals surface area contributed by atoms with Crippen LogP contribution in [0.1, 0.15) is 83.1 Å². The first-order valence-electron chi connectivity index (χ1n) is 10.2. The summed E-state index contributed by atoms with van der Waals surface area (Å²) in [6.07, 6.45) is 6.67. The molecule has 0 amide bonds. The van der Waals surface area contributed by atoms with E-state index in [2.05, 4.69) is 34.6 Å². The Morgan fingerprint density at radius 2 is 1.89 bits per heavy atom. The molecule has 0 aliphatic rings. The van der Waals surface area contributed by atoms with Gasteiger partial charge in [-0.1, -0.05) is 31.8 Å². The molecule has 0 unspecified atom stereocenters. The summed E-state index contributed by atoms with van der Waals surface area (Å²) in [5, 5.41) is 10.7. The molecule has 0 aliphatic carbocycles. The lowest BCUT2D eigenvalue weighted by molar-refractivity contribution is -0.143. The van der Waals surface area contributed by atoms with Gasteiger partial charge >= 0.3 is 5.97 Å². The van der Waals surface area contributed by atoms with Gasteiger partial charge in [0.15, 0.2) is 11.7 Å². The van der Waals surface area contributed by atoms with E-state index < -0.39 is 0 Å². The maximum Gasteiger partial charge on any atom is 0.305 e. The molecular formula is C20H37IN4O3. The van der Waals surface area contributed by atoms with Crippen LogP contribution in [0.2, 0.25) is 0 Å². The first kappa shape index (κ1) is 26.7. The third-order valence-corrected chi connectivity index (χ3v) is 4.54. The van der Waals surface area contributed by atoms with Gasteiger partial charge in [-0.15, -0.1) is 24.0 Å². The number of unbranched alkanes of at least 4 members (excludes halogenated alkanes) is 3. The fraction of sp³-hybridized carbons (Fsp3) is 0.750. The van der Waals surface area contributed by atoms with E-state index in [1.54, 1.807) is 7.05 Å². The smallest absolute Gasteiger partial charge is 0.305 e. The van der Waals surface area contributed by atoms with Crippen molar-refractivity contribution in [1.82, 2.24) is 15.8 Å². The van der Waals surface area contributed by atoms with Crippen LogP contribution in [0.15, 0.2) is 15.6 Å². The molecule has 0 fully saturated rings. The molecule has 0 spiro atoms. The third kappa shape index (κ3) is 10.9. The van der Waals surface area contributed by atoms with Gasteiger partial charge in [0.1, 0.15) is 0 Å². The van der Waals surface area contributed by atoms with Crippen LogP contribution < -0.4 is 10.6 Å². The van der Waals surface area contributed by atoms with E-state index in [9.17, 15) is 4.79 Å². The van der Waals surface area contributed by atoms with Crippen LogP contribution in [0, 0.1) is 0 Å². The lowest BCUT2D eigenvalue weighted by Crippen LogP contribution is -2.37. The number of rotatable bonds is 13. The summed E-state index contributed by atoms with van der Waals surface area (Å²) in [5.74, 6) is 1.93. The Kier molecular flexibility index (Phi) is 15.8. The monoisotopic (exact) mass is 508 g/mol. The Bertz CT molecular complexity index is 559. The van der Waals surface area contributed by atoms with Crippen LogP contribution in [0.4, 0.5) is 0 Å². The minimum atomic E-state index is -0.0972. The van der Waals surface area contributed by atoms with Gasteiger partial charge in [0.25, 0.3) is 0 Å². The van der Waals surface area contributed by atoms with Crippen molar-refractivity contribution in [2.75, 3.05) is 20.2 Å². The Hall–Kier alpha value is -1.32. The lowest BCUT2D eigenvalue weighted by Gasteiger charge is -2.10. The molecule has 0 aromatic carbocycles. The molecule has 8 heteroatoms. The first-order valence-corrected chi connectivity index (χ1v) is 10.2. The van der Waals surface area contributed by atoms with Gasteiger partial charge in [0.05, 0.1) is 18.8 Å². The number of ether oxygens (including phenoxy) is 1. The Morgan fingerprint density at radius 1 is 1.18 bits per heavy atom. The van der Waals surface area contributed by atoms with Crippen molar-refractivity contribution in [1.29, 1.82) is 0 Å². The minimum Gasteiger partial charge on any atom is -0.466 e. The highest BCUT2D eigenvalue weighted by Gasteiger charge is 2.13. The molecule has 162 valence electrons. The molecule has 1 heterocycles. The number of hydrogen-bond acceptors (Lipinski definition) is 5. The molecule has 1 aromatic rings. The van der Waals surface area contributed by atoms with E-state index >= 15 is 0 Å². The molecule has 0 aliphatic heterocycles. The van der Waals surface area contributed by atoms with Crippen molar-refractivity contribution in [2.45, 2.75) is 78.2 Å². The quantitative estimate of drug-likeness (QED) is 0.135. The van der Waals surface area contributed by atoms with Gasteiger partial charge in [-0.05, 0) is 32.6 Å². The Labute approximate surface area is 186 Å². The summed E-state index contributed by atoms with van der Waals surface area (Å²) >= 11 is 0. The molecular weight excluding hydrogens is 471 g/mol. The molecule has 28 heavy (non-hydrogen) atoms. The standard InChI is InChI=1S/C20H36N4O3.HI/c1-5-16(6-2)18-14-17(27-24-18)15-23-20(21-4)22-13-11-9-8-10-12-19(25)26-7-3;/h14,16H,5-13,15H2,1-4H3,(H2,21,22,23);1H. The topological polar surface area (TPSA) is 88.8 Å². The second-order valence-electron chi connectivity index (χ2n) is 6.55. The average molecular weight is 508 g/mol. The van der Waals surface area contributed by atoms with Crippen LogP contribution in [0.25, 0.3) is 0 Å². The summed E-state index contributed by atoms with van der Waals surface area (Å²) in [5.41, 5.74) is 1.03. The maximum atomic E-state index is 11.3. The zero-order valence-corrected chi connectivity index (χ0v) is 20.1. The molecule has 2 N–H and O–H groups in total. The van der Waals surface area contributed by atoms with Gasteiger partial charge in [-0.3, -0.25) is 9.79 Å². The molecule has 1 rings (SSSR count). The number of nitrogens with zero attached hydrogens (tertiary/aromatic N) is 2. The van der Waals surface area contributed by atoms with Crippen molar-refractivity contribution in [2.24, 2.45) is 4.99 Å². The number of halogens is 1. The summed E-state index contributed by atoms with van der Waals surface area (Å²) in [4.78, 5) is 15.5. The number of hydrogen-bond donors (Lipinski definition) is 2. The van der Waals surface area contributed by atoms with Crippen molar-refractivity contribution in [3.63, 3.8) is 0 Å². The Morgan fingerprint density at radius 3 is 2.54 bits per heavy atom. The Balaban J connectivity index is 0.00000729. The first-order chi connectivity index (χ1) is 13.1. The molecule has 0 saturated heterocycles. The molecule has 1 aromatic heterocycles.